The van der Waals surface area contributed by atoms with Crippen molar-refractivity contribution in [3.8, 4) is 0 Å². The van der Waals surface area contributed by atoms with Gasteiger partial charge in [0.15, 0.2) is 0 Å². The van der Waals surface area contributed by atoms with E-state index in [9.17, 15) is 13.2 Å². The predicted molar refractivity (Wildman–Crippen MR) is 119 cm³/mol. The summed E-state index contributed by atoms with van der Waals surface area (Å²) in [5.74, 6) is -2.76. The zero-order chi connectivity index (χ0) is 23.6. The highest BCUT2D eigenvalue weighted by Crippen LogP contribution is 2.13. The van der Waals surface area contributed by atoms with Crippen LogP contribution in [0.2, 0.25) is 0 Å². The fourth-order valence-corrected chi connectivity index (χ4v) is 3.51. The van der Waals surface area contributed by atoms with Crippen LogP contribution in [0.5, 0.6) is 0 Å². The van der Waals surface area contributed by atoms with Crippen LogP contribution < -0.4 is 0 Å². The molecule has 5 nitrogen and oxygen atoms in total. The van der Waals surface area contributed by atoms with E-state index in [1.807, 2.05) is 0 Å². The number of aromatic nitrogens is 2. The van der Waals surface area contributed by atoms with Gasteiger partial charge < -0.3 is 10.0 Å². The van der Waals surface area contributed by atoms with Crippen LogP contribution in [0.1, 0.15) is 28.1 Å². The first-order valence-electron chi connectivity index (χ1n) is 9.98. The highest BCUT2D eigenvalue weighted by Gasteiger charge is 2.38. The SMILES string of the molecule is CN(C)Cc1ccc(CCc2ccc(CCc3ccsc3)nn2)cc1.O=C(O)C(F)(F)F. The number of carbonyl (C=O) groups is 1. The second kappa shape index (κ2) is 12.3. The number of thiophene rings is 1. The number of aryl methyl sites for hydroxylation is 4. The van der Waals surface area contributed by atoms with Gasteiger partial charge in [0.25, 0.3) is 0 Å². The summed E-state index contributed by atoms with van der Waals surface area (Å²) in [5.41, 5.74) is 6.22. The lowest BCUT2D eigenvalue weighted by atomic mass is 10.1. The van der Waals surface area contributed by atoms with Gasteiger partial charge in [0.2, 0.25) is 0 Å². The molecule has 172 valence electrons. The molecule has 2 aromatic heterocycles. The molecule has 2 heterocycles. The molecule has 1 N–H and O–H groups in total. The van der Waals surface area contributed by atoms with E-state index in [-0.39, 0.29) is 0 Å². The van der Waals surface area contributed by atoms with E-state index in [2.05, 4.69) is 82.4 Å². The van der Waals surface area contributed by atoms with Gasteiger partial charge in [0.1, 0.15) is 0 Å². The largest absolute Gasteiger partial charge is 0.490 e. The molecule has 0 unspecified atom stereocenters. The van der Waals surface area contributed by atoms with Crippen molar-refractivity contribution in [1.82, 2.24) is 15.1 Å². The van der Waals surface area contributed by atoms with Crippen LogP contribution in [0.4, 0.5) is 13.2 Å². The summed E-state index contributed by atoms with van der Waals surface area (Å²) in [6, 6.07) is 15.3. The number of hydrogen-bond donors (Lipinski definition) is 1. The Morgan fingerprint density at radius 3 is 1.78 bits per heavy atom. The van der Waals surface area contributed by atoms with E-state index in [1.165, 1.54) is 16.7 Å². The van der Waals surface area contributed by atoms with Gasteiger partial charge in [0, 0.05) is 6.54 Å². The number of carboxylic acid groups (broad SMARTS) is 1. The molecule has 0 bridgehead atoms. The number of nitrogens with zero attached hydrogens (tertiary/aromatic N) is 3. The molecule has 0 amide bonds. The van der Waals surface area contributed by atoms with Crippen LogP contribution in [0.25, 0.3) is 0 Å². The molecule has 9 heteroatoms. The van der Waals surface area contributed by atoms with Gasteiger partial charge in [-0.15, -0.1) is 0 Å². The minimum absolute atomic E-state index is 0.935. The number of benzene rings is 1. The third-order valence-electron chi connectivity index (χ3n) is 4.46. The van der Waals surface area contributed by atoms with Crippen molar-refractivity contribution >= 4 is 17.3 Å². The Morgan fingerprint density at radius 1 is 0.875 bits per heavy atom. The summed E-state index contributed by atoms with van der Waals surface area (Å²) in [6.07, 6.45) is -1.15. The van der Waals surface area contributed by atoms with Crippen LogP contribution in [0, 0.1) is 0 Å². The third-order valence-corrected chi connectivity index (χ3v) is 5.19. The Labute approximate surface area is 189 Å². The van der Waals surface area contributed by atoms with Crippen molar-refractivity contribution in [2.45, 2.75) is 38.4 Å². The van der Waals surface area contributed by atoms with E-state index in [1.54, 1.807) is 11.3 Å². The molecule has 0 fully saturated rings. The fraction of sp³-hybridized carbons (Fsp3) is 0.348. The van der Waals surface area contributed by atoms with E-state index in [4.69, 9.17) is 9.90 Å². The van der Waals surface area contributed by atoms with E-state index >= 15 is 0 Å². The van der Waals surface area contributed by atoms with Gasteiger partial charge in [-0.25, -0.2) is 4.79 Å². The maximum atomic E-state index is 10.6. The number of carboxylic acids is 1. The van der Waals surface area contributed by atoms with Gasteiger partial charge in [-0.2, -0.15) is 34.7 Å². The normalized spacial score (nSPS) is 11.2. The molecule has 0 atom stereocenters. The van der Waals surface area contributed by atoms with Crippen LogP contribution in [-0.4, -0.2) is 46.4 Å². The first-order valence-corrected chi connectivity index (χ1v) is 10.9. The predicted octanol–water partition coefficient (Wildman–Crippen LogP) is 4.80. The fourth-order valence-electron chi connectivity index (χ4n) is 2.81. The van der Waals surface area contributed by atoms with Crippen LogP contribution in [0.3, 0.4) is 0 Å². The highest BCUT2D eigenvalue weighted by atomic mass is 32.1. The minimum atomic E-state index is -5.08. The summed E-state index contributed by atoms with van der Waals surface area (Å²) in [5, 5.41) is 20.2. The second-order valence-corrected chi connectivity index (χ2v) is 8.28. The number of alkyl halides is 3. The van der Waals surface area contributed by atoms with Gasteiger partial charge in [-0.05, 0) is 85.4 Å². The topological polar surface area (TPSA) is 66.3 Å². The minimum Gasteiger partial charge on any atom is -0.475 e. The molecule has 0 spiro atoms. The van der Waals surface area contributed by atoms with E-state index in [0.29, 0.717) is 0 Å². The molecule has 0 radical (unpaired) electrons. The summed E-state index contributed by atoms with van der Waals surface area (Å²) in [4.78, 5) is 11.1. The first kappa shape index (κ1) is 25.5. The van der Waals surface area contributed by atoms with Gasteiger partial charge in [0.05, 0.1) is 11.4 Å². The Balaban J connectivity index is 0.000000451. The molecule has 32 heavy (non-hydrogen) atoms. The molecule has 0 saturated carbocycles. The highest BCUT2D eigenvalue weighted by molar-refractivity contribution is 7.07. The van der Waals surface area contributed by atoms with Crippen molar-refractivity contribution in [2.24, 2.45) is 0 Å². The zero-order valence-corrected chi connectivity index (χ0v) is 18.8. The molecule has 3 aromatic rings. The van der Waals surface area contributed by atoms with Crippen LogP contribution >= 0.6 is 11.3 Å². The molecular formula is C23H26F3N3O2S. The molecule has 0 aliphatic rings. The standard InChI is InChI=1S/C21H25N3S.C2HF3O2/c1-24(2)15-18-5-3-17(4-6-18)7-9-20-11-12-21(23-22-20)10-8-19-13-14-25-16-19;3-2(4,5)1(6)7/h3-6,11-14,16H,7-10,15H2,1-2H3;(H,6,7). The molecule has 0 saturated heterocycles. The average molecular weight is 466 g/mol. The van der Waals surface area contributed by atoms with Crippen molar-refractivity contribution in [1.29, 1.82) is 0 Å². The molecule has 1 aromatic carbocycles. The van der Waals surface area contributed by atoms with E-state index < -0.39 is 12.1 Å². The van der Waals surface area contributed by atoms with Gasteiger partial charge in [-0.3, -0.25) is 0 Å². The number of rotatable bonds is 8. The lowest BCUT2D eigenvalue weighted by Gasteiger charge is -2.10. The van der Waals surface area contributed by atoms with Crippen molar-refractivity contribution in [2.75, 3.05) is 14.1 Å². The lowest BCUT2D eigenvalue weighted by molar-refractivity contribution is -0.192. The first-order chi connectivity index (χ1) is 15.1. The van der Waals surface area contributed by atoms with Crippen molar-refractivity contribution in [3.63, 3.8) is 0 Å². The lowest BCUT2D eigenvalue weighted by Crippen LogP contribution is -2.21. The Morgan fingerprint density at radius 2 is 1.38 bits per heavy atom. The number of hydrogen-bond acceptors (Lipinski definition) is 5. The van der Waals surface area contributed by atoms with Crippen molar-refractivity contribution in [3.05, 3.63) is 81.3 Å². The Kier molecular flexibility index (Phi) is 9.80. The Hall–Kier alpha value is -2.78. The van der Waals surface area contributed by atoms with Gasteiger partial charge in [-0.1, -0.05) is 24.3 Å². The van der Waals surface area contributed by atoms with Crippen molar-refractivity contribution < 1.29 is 23.1 Å². The molecule has 0 aliphatic carbocycles. The maximum Gasteiger partial charge on any atom is 0.490 e. The summed E-state index contributed by atoms with van der Waals surface area (Å²) >= 11 is 1.75. The quantitative estimate of drug-likeness (QED) is 0.518. The number of aliphatic carboxylic acids is 1. The third kappa shape index (κ3) is 9.57. The van der Waals surface area contributed by atoms with E-state index in [0.717, 1.165) is 43.6 Å². The second-order valence-electron chi connectivity index (χ2n) is 7.50. The summed E-state index contributed by atoms with van der Waals surface area (Å²) in [6.45, 7) is 0.985. The maximum absolute atomic E-state index is 10.6. The number of halogens is 3. The molecule has 3 rings (SSSR count). The van der Waals surface area contributed by atoms with Gasteiger partial charge >= 0.3 is 12.1 Å². The average Bonchev–Trinajstić information content (AvgIpc) is 3.26. The Bertz CT molecular complexity index is 942. The summed E-state index contributed by atoms with van der Waals surface area (Å²) < 4.78 is 31.7. The molecular weight excluding hydrogens is 439 g/mol. The van der Waals surface area contributed by atoms with Crippen LogP contribution in [-0.2, 0) is 37.0 Å². The zero-order valence-electron chi connectivity index (χ0n) is 18.0. The monoisotopic (exact) mass is 465 g/mol. The van der Waals surface area contributed by atoms with Crippen LogP contribution in [0.15, 0.2) is 53.2 Å². The summed E-state index contributed by atoms with van der Waals surface area (Å²) in [7, 11) is 4.19. The molecule has 0 aliphatic heterocycles. The smallest absolute Gasteiger partial charge is 0.475 e.